The summed E-state index contributed by atoms with van der Waals surface area (Å²) < 4.78 is 2.09. The molecule has 0 saturated carbocycles. The number of aromatic nitrogens is 2. The monoisotopic (exact) mass is 495 g/mol. The van der Waals surface area contributed by atoms with Gasteiger partial charge in [-0.2, -0.15) is 0 Å². The van der Waals surface area contributed by atoms with Crippen LogP contribution in [0.4, 0.5) is 0 Å². The molecule has 33 heavy (non-hydrogen) atoms. The quantitative estimate of drug-likeness (QED) is 0.167. The van der Waals surface area contributed by atoms with E-state index in [0.29, 0.717) is 32.0 Å². The first-order valence-corrected chi connectivity index (χ1v) is 13.0. The van der Waals surface area contributed by atoms with E-state index in [1.807, 2.05) is 49.4 Å². The average Bonchev–Trinajstić information content (AvgIpc) is 3.08. The molecule has 8 heteroatoms. The predicted molar refractivity (Wildman–Crippen MR) is 141 cm³/mol. The first-order valence-electron chi connectivity index (χ1n) is 11.0. The van der Waals surface area contributed by atoms with Crippen molar-refractivity contribution in [2.75, 3.05) is 6.54 Å². The van der Waals surface area contributed by atoms with Gasteiger partial charge in [0.25, 0.3) is 11.5 Å². The van der Waals surface area contributed by atoms with Crippen molar-refractivity contribution in [2.45, 2.75) is 49.5 Å². The van der Waals surface area contributed by atoms with Crippen LogP contribution in [-0.4, -0.2) is 31.1 Å². The molecular weight excluding hydrogens is 470 g/mol. The van der Waals surface area contributed by atoms with Crippen LogP contribution >= 0.6 is 35.7 Å². The molecule has 0 spiro atoms. The largest absolute Gasteiger partial charge is 0.293 e. The Labute approximate surface area is 207 Å². The van der Waals surface area contributed by atoms with Gasteiger partial charge in [-0.05, 0) is 43.2 Å². The van der Waals surface area contributed by atoms with E-state index in [-0.39, 0.29) is 11.5 Å². The number of carbonyl (C=O) groups excluding carboxylic acids is 1. The fraction of sp³-hybridized carbons (Fsp3) is 0.280. The lowest BCUT2D eigenvalue weighted by atomic mass is 10.2. The van der Waals surface area contributed by atoms with Crippen LogP contribution in [0.3, 0.4) is 0 Å². The molecule has 3 aromatic rings. The van der Waals surface area contributed by atoms with Crippen LogP contribution in [0.25, 0.3) is 11.7 Å². The molecule has 3 heterocycles. The van der Waals surface area contributed by atoms with Crippen LogP contribution in [-0.2, 0) is 4.79 Å². The van der Waals surface area contributed by atoms with Gasteiger partial charge in [-0.15, -0.1) is 0 Å². The van der Waals surface area contributed by atoms with E-state index >= 15 is 0 Å². The topological polar surface area (TPSA) is 54.7 Å². The normalized spacial score (nSPS) is 15.2. The molecule has 2 aromatic heterocycles. The van der Waals surface area contributed by atoms with E-state index in [0.717, 1.165) is 36.1 Å². The number of thiocarbonyl (C=S) groups is 1. The first kappa shape index (κ1) is 23.7. The van der Waals surface area contributed by atoms with Gasteiger partial charge in [0, 0.05) is 17.6 Å². The van der Waals surface area contributed by atoms with Crippen molar-refractivity contribution in [3.05, 3.63) is 75.0 Å². The van der Waals surface area contributed by atoms with Gasteiger partial charge in [0.05, 0.1) is 10.5 Å². The van der Waals surface area contributed by atoms with Gasteiger partial charge in [0.15, 0.2) is 0 Å². The van der Waals surface area contributed by atoms with Crippen molar-refractivity contribution in [1.29, 1.82) is 0 Å². The van der Waals surface area contributed by atoms with Gasteiger partial charge in [-0.1, -0.05) is 86.2 Å². The number of fused-ring (bicyclic) bond motifs is 1. The van der Waals surface area contributed by atoms with Crippen molar-refractivity contribution in [3.8, 4) is 0 Å². The fourth-order valence-corrected chi connectivity index (χ4v) is 5.81. The number of hydrogen-bond acceptors (Lipinski definition) is 6. The molecule has 5 nitrogen and oxygen atoms in total. The van der Waals surface area contributed by atoms with E-state index < -0.39 is 0 Å². The van der Waals surface area contributed by atoms with Gasteiger partial charge >= 0.3 is 0 Å². The minimum Gasteiger partial charge on any atom is -0.293 e. The summed E-state index contributed by atoms with van der Waals surface area (Å²) >= 11 is 8.15. The Kier molecular flexibility index (Phi) is 7.67. The third kappa shape index (κ3) is 5.23. The average molecular weight is 496 g/mol. The standard InChI is InChI=1S/C25H25N3O2S3/c1-3-4-5-9-14-28-24(30)20(33-25(28)31)16-19-22(32-18-12-7-6-8-13-18)26-21-17(2)11-10-15-27(21)23(19)29/h6-8,10-13,15-16H,3-5,9,14H2,1-2H3/b20-16-. The first-order chi connectivity index (χ1) is 16.0. The lowest BCUT2D eigenvalue weighted by Gasteiger charge is -2.14. The number of aryl methyl sites for hydroxylation is 1. The molecule has 0 bridgehead atoms. The van der Waals surface area contributed by atoms with Crippen molar-refractivity contribution < 1.29 is 4.79 Å². The fourth-order valence-electron chi connectivity index (χ4n) is 3.61. The highest BCUT2D eigenvalue weighted by Crippen LogP contribution is 2.35. The maximum atomic E-state index is 13.5. The lowest BCUT2D eigenvalue weighted by molar-refractivity contribution is -0.122. The molecule has 1 aromatic carbocycles. The van der Waals surface area contributed by atoms with Crippen molar-refractivity contribution in [3.63, 3.8) is 0 Å². The van der Waals surface area contributed by atoms with Crippen LogP contribution < -0.4 is 5.56 Å². The highest BCUT2D eigenvalue weighted by Gasteiger charge is 2.32. The third-order valence-electron chi connectivity index (χ3n) is 5.39. The molecule has 1 saturated heterocycles. The summed E-state index contributed by atoms with van der Waals surface area (Å²) in [6.07, 6.45) is 7.65. The summed E-state index contributed by atoms with van der Waals surface area (Å²) in [5.41, 5.74) is 1.73. The zero-order valence-corrected chi connectivity index (χ0v) is 21.1. The Balaban J connectivity index is 1.75. The highest BCUT2D eigenvalue weighted by molar-refractivity contribution is 8.26. The lowest BCUT2D eigenvalue weighted by Crippen LogP contribution is -2.29. The molecule has 0 aliphatic carbocycles. The summed E-state index contributed by atoms with van der Waals surface area (Å²) in [5.74, 6) is -0.133. The molecule has 0 radical (unpaired) electrons. The Morgan fingerprint density at radius 2 is 1.88 bits per heavy atom. The molecule has 0 unspecified atom stereocenters. The van der Waals surface area contributed by atoms with E-state index in [9.17, 15) is 9.59 Å². The summed E-state index contributed by atoms with van der Waals surface area (Å²) in [5, 5.41) is 0.578. The number of rotatable bonds is 8. The van der Waals surface area contributed by atoms with E-state index in [1.165, 1.54) is 23.5 Å². The number of thioether (sulfide) groups is 1. The zero-order valence-electron chi connectivity index (χ0n) is 18.6. The summed E-state index contributed by atoms with van der Waals surface area (Å²) in [4.78, 5) is 34.5. The van der Waals surface area contributed by atoms with Gasteiger partial charge in [0.1, 0.15) is 15.0 Å². The third-order valence-corrected chi connectivity index (χ3v) is 7.78. The second kappa shape index (κ2) is 10.7. The molecule has 0 atom stereocenters. The van der Waals surface area contributed by atoms with Crippen LogP contribution in [0.1, 0.15) is 43.7 Å². The number of amides is 1. The maximum absolute atomic E-state index is 13.5. The van der Waals surface area contributed by atoms with Crippen LogP contribution in [0.2, 0.25) is 0 Å². The summed E-state index contributed by atoms with van der Waals surface area (Å²) in [6, 6.07) is 13.6. The SMILES string of the molecule is CCCCCCN1C(=O)/C(=C/c2c(Sc3ccccc3)nc3c(C)cccn3c2=O)SC1=S. The van der Waals surface area contributed by atoms with Crippen LogP contribution in [0, 0.1) is 6.92 Å². The minimum absolute atomic E-state index is 0.133. The molecule has 0 N–H and O–H groups in total. The van der Waals surface area contributed by atoms with E-state index in [1.54, 1.807) is 21.6 Å². The number of benzene rings is 1. The molecule has 4 rings (SSSR count). The van der Waals surface area contributed by atoms with E-state index in [4.69, 9.17) is 17.2 Å². The second-order valence-electron chi connectivity index (χ2n) is 7.83. The van der Waals surface area contributed by atoms with Crippen LogP contribution in [0.5, 0.6) is 0 Å². The zero-order chi connectivity index (χ0) is 23.4. The van der Waals surface area contributed by atoms with Crippen molar-refractivity contribution in [2.24, 2.45) is 0 Å². The van der Waals surface area contributed by atoms with Gasteiger partial charge in [0.2, 0.25) is 0 Å². The molecule has 1 aliphatic rings. The number of nitrogens with zero attached hydrogens (tertiary/aromatic N) is 3. The van der Waals surface area contributed by atoms with Gasteiger partial charge in [-0.25, -0.2) is 4.98 Å². The number of hydrogen-bond donors (Lipinski definition) is 0. The van der Waals surface area contributed by atoms with Crippen molar-refractivity contribution in [1.82, 2.24) is 14.3 Å². The van der Waals surface area contributed by atoms with E-state index in [2.05, 4.69) is 6.92 Å². The Morgan fingerprint density at radius 3 is 2.64 bits per heavy atom. The molecule has 170 valence electrons. The molecule has 1 fully saturated rings. The van der Waals surface area contributed by atoms with Crippen LogP contribution in [0.15, 0.2) is 68.3 Å². The molecule has 1 aliphatic heterocycles. The molecular formula is C25H25N3O2S3. The summed E-state index contributed by atoms with van der Waals surface area (Å²) in [6.45, 7) is 4.70. The number of unbranched alkanes of at least 4 members (excludes halogenated alkanes) is 3. The Morgan fingerprint density at radius 1 is 1.09 bits per heavy atom. The van der Waals surface area contributed by atoms with Gasteiger partial charge < -0.3 is 0 Å². The van der Waals surface area contributed by atoms with Gasteiger partial charge in [-0.3, -0.25) is 18.9 Å². The Bertz CT molecular complexity index is 1290. The summed E-state index contributed by atoms with van der Waals surface area (Å²) in [7, 11) is 0. The maximum Gasteiger partial charge on any atom is 0.266 e. The molecule has 1 amide bonds. The highest BCUT2D eigenvalue weighted by atomic mass is 32.2. The van der Waals surface area contributed by atoms with Crippen molar-refractivity contribution >= 4 is 57.7 Å². The Hall–Kier alpha value is -2.42. The second-order valence-corrected chi connectivity index (χ2v) is 10.6. The smallest absolute Gasteiger partial charge is 0.266 e. The number of carbonyl (C=O) groups is 1. The predicted octanol–water partition coefficient (Wildman–Crippen LogP) is 5.94. The minimum atomic E-state index is -0.199. The number of pyridine rings is 1.